The molecule has 0 fully saturated rings. The van der Waals surface area contributed by atoms with E-state index in [4.69, 9.17) is 18.9 Å². The van der Waals surface area contributed by atoms with Crippen molar-refractivity contribution in [2.45, 2.75) is 37.0 Å². The van der Waals surface area contributed by atoms with Crippen LogP contribution in [0.25, 0.3) is 10.8 Å². The first kappa shape index (κ1) is 36.5. The molecule has 0 radical (unpaired) electrons. The largest absolute Gasteiger partial charge is 0.494 e. The third-order valence-corrected chi connectivity index (χ3v) is 8.02. The molecule has 0 aromatic heterocycles. The van der Waals surface area contributed by atoms with E-state index in [-0.39, 0.29) is 5.97 Å². The van der Waals surface area contributed by atoms with Gasteiger partial charge in [0.05, 0.1) is 26.4 Å². The van der Waals surface area contributed by atoms with E-state index in [1.54, 1.807) is 11.8 Å². The molecule has 4 rings (SSSR count). The number of hydrogen-bond acceptors (Lipinski definition) is 7. The molecule has 250 valence electrons. The van der Waals surface area contributed by atoms with Crippen LogP contribution in [0.5, 0.6) is 11.5 Å². The number of thioether (sulfide) groups is 1. The Morgan fingerprint density at radius 3 is 1.84 bits per heavy atom. The van der Waals surface area contributed by atoms with Crippen molar-refractivity contribution in [3.8, 4) is 35.2 Å². The quantitative estimate of drug-likeness (QED) is 0.0389. The lowest BCUT2D eigenvalue weighted by atomic mass is 10.1. The molecule has 7 heteroatoms. The van der Waals surface area contributed by atoms with Crippen LogP contribution in [0, 0.1) is 23.7 Å². The Labute approximate surface area is 293 Å². The number of esters is 2. The number of fused-ring (bicyclic) bond motifs is 1. The van der Waals surface area contributed by atoms with E-state index in [0.717, 1.165) is 81.2 Å². The monoisotopic (exact) mass is 672 g/mol. The summed E-state index contributed by atoms with van der Waals surface area (Å²) >= 11 is 1.65. The van der Waals surface area contributed by atoms with Crippen molar-refractivity contribution in [3.63, 3.8) is 0 Å². The number of ether oxygens (including phenoxy) is 4. The minimum Gasteiger partial charge on any atom is -0.494 e. The molecule has 0 saturated heterocycles. The van der Waals surface area contributed by atoms with Crippen molar-refractivity contribution >= 4 is 34.5 Å². The average molecular weight is 673 g/mol. The average Bonchev–Trinajstić information content (AvgIpc) is 3.14. The summed E-state index contributed by atoms with van der Waals surface area (Å²) in [6.07, 6.45) is 8.76. The van der Waals surface area contributed by atoms with Crippen LogP contribution >= 0.6 is 11.8 Å². The van der Waals surface area contributed by atoms with Crippen LogP contribution in [0.2, 0.25) is 0 Å². The maximum Gasteiger partial charge on any atom is 0.330 e. The number of benzene rings is 4. The topological polar surface area (TPSA) is 71.1 Å². The van der Waals surface area contributed by atoms with Crippen LogP contribution in [0.3, 0.4) is 0 Å². The Balaban J connectivity index is 1.27. The molecule has 0 aliphatic rings. The molecule has 0 aliphatic heterocycles. The molecule has 0 N–H and O–H groups in total. The number of carbonyl (C=O) groups excluding carboxylic acids is 2. The molecular formula is C42H40O6S. The Bertz CT molecular complexity index is 1870. The Hall–Kier alpha value is -5.37. The summed E-state index contributed by atoms with van der Waals surface area (Å²) in [7, 11) is 0. The molecule has 6 nitrogen and oxygen atoms in total. The van der Waals surface area contributed by atoms with Gasteiger partial charge >= 0.3 is 11.9 Å². The maximum absolute atomic E-state index is 11.1. The van der Waals surface area contributed by atoms with E-state index < -0.39 is 5.97 Å². The van der Waals surface area contributed by atoms with Gasteiger partial charge in [0, 0.05) is 45.7 Å². The predicted octanol–water partition coefficient (Wildman–Crippen LogP) is 8.53. The smallest absolute Gasteiger partial charge is 0.330 e. The fourth-order valence-corrected chi connectivity index (χ4v) is 5.23. The fourth-order valence-electron chi connectivity index (χ4n) is 4.64. The van der Waals surface area contributed by atoms with Crippen LogP contribution < -0.4 is 9.47 Å². The lowest BCUT2D eigenvalue weighted by Crippen LogP contribution is -2.06. The van der Waals surface area contributed by atoms with Gasteiger partial charge < -0.3 is 18.9 Å². The highest BCUT2D eigenvalue weighted by molar-refractivity contribution is 7.98. The van der Waals surface area contributed by atoms with E-state index in [1.165, 1.54) is 6.08 Å². The Kier molecular flexibility index (Phi) is 15.0. The minimum absolute atomic E-state index is 0.296. The Morgan fingerprint density at radius 2 is 1.12 bits per heavy atom. The van der Waals surface area contributed by atoms with Gasteiger partial charge in [0.1, 0.15) is 11.5 Å². The van der Waals surface area contributed by atoms with Crippen molar-refractivity contribution in [3.05, 3.63) is 126 Å². The molecule has 4 aromatic carbocycles. The van der Waals surface area contributed by atoms with Crippen molar-refractivity contribution in [1.82, 2.24) is 0 Å². The summed E-state index contributed by atoms with van der Waals surface area (Å²) < 4.78 is 21.6. The second-order valence-electron chi connectivity index (χ2n) is 10.9. The lowest BCUT2D eigenvalue weighted by molar-refractivity contribution is -0.138. The van der Waals surface area contributed by atoms with Crippen molar-refractivity contribution < 1.29 is 28.5 Å². The van der Waals surface area contributed by atoms with E-state index in [2.05, 4.69) is 49.0 Å². The zero-order chi connectivity index (χ0) is 34.7. The van der Waals surface area contributed by atoms with Gasteiger partial charge in [-0.3, -0.25) is 0 Å². The van der Waals surface area contributed by atoms with Crippen LogP contribution in [0.15, 0.2) is 109 Å². The Morgan fingerprint density at radius 1 is 0.592 bits per heavy atom. The highest BCUT2D eigenvalue weighted by atomic mass is 32.2. The van der Waals surface area contributed by atoms with Crippen molar-refractivity contribution in [2.24, 2.45) is 0 Å². The maximum atomic E-state index is 11.1. The molecule has 0 saturated carbocycles. The molecular weight excluding hydrogens is 633 g/mol. The van der Waals surface area contributed by atoms with Gasteiger partial charge in [-0.25, -0.2) is 9.59 Å². The predicted molar refractivity (Wildman–Crippen MR) is 197 cm³/mol. The second-order valence-corrected chi connectivity index (χ2v) is 11.7. The van der Waals surface area contributed by atoms with Crippen LogP contribution in [-0.4, -0.2) is 44.6 Å². The van der Waals surface area contributed by atoms with Crippen molar-refractivity contribution in [2.75, 3.05) is 32.7 Å². The highest BCUT2D eigenvalue weighted by Crippen LogP contribution is 2.24. The summed E-state index contributed by atoms with van der Waals surface area (Å²) in [4.78, 5) is 23.2. The summed E-state index contributed by atoms with van der Waals surface area (Å²) in [6.45, 7) is 8.59. The summed E-state index contributed by atoms with van der Waals surface area (Å²) in [5.41, 5.74) is 3.73. The van der Waals surface area contributed by atoms with Gasteiger partial charge in [-0.2, -0.15) is 0 Å². The second kappa shape index (κ2) is 20.1. The first-order chi connectivity index (χ1) is 24.0. The zero-order valence-corrected chi connectivity index (χ0v) is 28.6. The molecule has 0 bridgehead atoms. The van der Waals surface area contributed by atoms with Gasteiger partial charge in [-0.1, -0.05) is 49.0 Å². The van der Waals surface area contributed by atoms with E-state index in [0.29, 0.717) is 32.8 Å². The molecule has 49 heavy (non-hydrogen) atoms. The fraction of sp³-hybridized carbons (Fsp3) is 0.238. The molecule has 0 unspecified atom stereocenters. The van der Waals surface area contributed by atoms with Gasteiger partial charge in [0.15, 0.2) is 0 Å². The number of rotatable bonds is 16. The number of unbranched alkanes of at least 4 members (excludes halogenated alkanes) is 3. The SMILES string of the molecule is C=CC(=O)OCCCCCCOc1ccc(C#Cc2ccc(C#Cc3ccc4cc(OCCCOC(=O)C=C)ccc4c3)cc2SC)cc1. The number of hydrogen-bond donors (Lipinski definition) is 0. The van der Waals surface area contributed by atoms with E-state index in [9.17, 15) is 9.59 Å². The van der Waals surface area contributed by atoms with E-state index in [1.807, 2.05) is 73.0 Å². The van der Waals surface area contributed by atoms with Gasteiger partial charge in [-0.15, -0.1) is 11.8 Å². The number of carbonyl (C=O) groups is 2. The molecule has 0 heterocycles. The lowest BCUT2D eigenvalue weighted by Gasteiger charge is -2.08. The van der Waals surface area contributed by atoms with E-state index >= 15 is 0 Å². The third kappa shape index (κ3) is 12.6. The normalized spacial score (nSPS) is 10.1. The summed E-state index contributed by atoms with van der Waals surface area (Å²) in [6, 6.07) is 26.0. The van der Waals surface area contributed by atoms with Crippen LogP contribution in [-0.2, 0) is 19.1 Å². The van der Waals surface area contributed by atoms with Gasteiger partial charge in [-0.05, 0) is 109 Å². The third-order valence-electron chi connectivity index (χ3n) is 7.25. The minimum atomic E-state index is -0.426. The molecule has 0 atom stereocenters. The zero-order valence-electron chi connectivity index (χ0n) is 27.8. The van der Waals surface area contributed by atoms with Crippen molar-refractivity contribution in [1.29, 1.82) is 0 Å². The van der Waals surface area contributed by atoms with Crippen LogP contribution in [0.4, 0.5) is 0 Å². The van der Waals surface area contributed by atoms with Gasteiger partial charge in [0.25, 0.3) is 0 Å². The molecule has 0 amide bonds. The molecule has 4 aromatic rings. The molecule has 0 aliphatic carbocycles. The summed E-state index contributed by atoms with van der Waals surface area (Å²) in [5.74, 6) is 14.0. The summed E-state index contributed by atoms with van der Waals surface area (Å²) in [5, 5.41) is 2.14. The molecule has 0 spiro atoms. The van der Waals surface area contributed by atoms with Gasteiger partial charge in [0.2, 0.25) is 0 Å². The highest BCUT2D eigenvalue weighted by Gasteiger charge is 2.03. The van der Waals surface area contributed by atoms with Crippen LogP contribution in [0.1, 0.15) is 54.4 Å². The standard InChI is InChI=1S/C42H40O6S/c1-4-41(43)47-26-9-7-6-8-25-45-38-22-16-32(17-23-38)13-18-35-19-14-34(30-40(35)49-3)12-11-33-15-20-37-31-39(24-21-36(37)29-33)46-27-10-28-48-42(44)5-2/h4-5,14-17,19-24,29-31H,1-2,6-10,25-28H2,3H3. The first-order valence-electron chi connectivity index (χ1n) is 16.2. The first-order valence-corrected chi connectivity index (χ1v) is 17.4.